The van der Waals surface area contributed by atoms with Crippen LogP contribution in [0.5, 0.6) is 0 Å². The summed E-state index contributed by atoms with van der Waals surface area (Å²) in [5, 5.41) is 0. The second-order valence-electron chi connectivity index (χ2n) is 6.55. The van der Waals surface area contributed by atoms with Crippen LogP contribution in [-0.2, 0) is 0 Å². The van der Waals surface area contributed by atoms with E-state index in [9.17, 15) is 0 Å². The van der Waals surface area contributed by atoms with Crippen molar-refractivity contribution in [3.63, 3.8) is 0 Å². The van der Waals surface area contributed by atoms with Crippen LogP contribution in [0, 0.1) is 5.92 Å². The number of hydrogen-bond donors (Lipinski definition) is 1. The Morgan fingerprint density at radius 2 is 1.59 bits per heavy atom. The summed E-state index contributed by atoms with van der Waals surface area (Å²) in [6, 6.07) is 3.28. The quantitative estimate of drug-likeness (QED) is 0.802. The third-order valence-electron chi connectivity index (χ3n) is 5.13. The molecule has 1 aliphatic carbocycles. The molecule has 2 saturated heterocycles. The smallest absolute Gasteiger partial charge is 0.0241 e. The van der Waals surface area contributed by atoms with Gasteiger partial charge in [0.05, 0.1) is 0 Å². The summed E-state index contributed by atoms with van der Waals surface area (Å²) >= 11 is 0. The SMILES string of the molecule is CC1CC(CN)CN1C1CC(C)N(C2CC2)C1. The zero-order valence-corrected chi connectivity index (χ0v) is 11.3. The highest BCUT2D eigenvalue weighted by molar-refractivity contribution is 4.99. The molecule has 2 heterocycles. The van der Waals surface area contributed by atoms with Gasteiger partial charge in [0.1, 0.15) is 0 Å². The Bertz CT molecular complexity index is 277. The van der Waals surface area contributed by atoms with Crippen molar-refractivity contribution in [2.24, 2.45) is 11.7 Å². The maximum absolute atomic E-state index is 5.83. The monoisotopic (exact) mass is 237 g/mol. The van der Waals surface area contributed by atoms with Gasteiger partial charge in [-0.15, -0.1) is 0 Å². The molecule has 3 nitrogen and oxygen atoms in total. The normalized spacial score (nSPS) is 44.6. The van der Waals surface area contributed by atoms with E-state index in [2.05, 4.69) is 23.6 Å². The van der Waals surface area contributed by atoms with Crippen molar-refractivity contribution in [3.8, 4) is 0 Å². The predicted octanol–water partition coefficient (Wildman–Crippen LogP) is 1.28. The van der Waals surface area contributed by atoms with Crippen LogP contribution < -0.4 is 5.73 Å². The Hall–Kier alpha value is -0.120. The number of rotatable bonds is 3. The third-order valence-corrected chi connectivity index (χ3v) is 5.13. The molecule has 4 atom stereocenters. The molecule has 3 aliphatic rings. The van der Waals surface area contributed by atoms with Crippen molar-refractivity contribution >= 4 is 0 Å². The first-order valence-electron chi connectivity index (χ1n) is 7.40. The molecule has 1 saturated carbocycles. The zero-order valence-electron chi connectivity index (χ0n) is 11.3. The van der Waals surface area contributed by atoms with Gasteiger partial charge >= 0.3 is 0 Å². The Morgan fingerprint density at radius 3 is 2.18 bits per heavy atom. The molecule has 3 fully saturated rings. The first-order chi connectivity index (χ1) is 8.19. The number of hydrogen-bond acceptors (Lipinski definition) is 3. The average Bonchev–Trinajstić information content (AvgIpc) is 2.98. The molecule has 98 valence electrons. The van der Waals surface area contributed by atoms with Crippen molar-refractivity contribution in [2.75, 3.05) is 19.6 Å². The molecule has 3 rings (SSSR count). The molecule has 17 heavy (non-hydrogen) atoms. The van der Waals surface area contributed by atoms with Gasteiger partial charge < -0.3 is 5.73 Å². The second kappa shape index (κ2) is 4.52. The van der Waals surface area contributed by atoms with E-state index in [0.717, 1.165) is 36.6 Å². The van der Waals surface area contributed by atoms with Gasteiger partial charge in [-0.05, 0) is 52.0 Å². The first kappa shape index (κ1) is 11.9. The molecule has 0 aromatic carbocycles. The van der Waals surface area contributed by atoms with E-state index >= 15 is 0 Å². The molecule has 3 heteroatoms. The summed E-state index contributed by atoms with van der Waals surface area (Å²) < 4.78 is 0. The van der Waals surface area contributed by atoms with E-state index in [1.807, 2.05) is 0 Å². The Labute approximate surface area is 105 Å². The van der Waals surface area contributed by atoms with Crippen LogP contribution in [-0.4, -0.2) is 53.6 Å². The molecule has 0 bridgehead atoms. The van der Waals surface area contributed by atoms with Gasteiger partial charge in [0, 0.05) is 37.3 Å². The minimum Gasteiger partial charge on any atom is -0.330 e. The van der Waals surface area contributed by atoms with Crippen LogP contribution >= 0.6 is 0 Å². The van der Waals surface area contributed by atoms with E-state index in [-0.39, 0.29) is 0 Å². The molecule has 0 amide bonds. The van der Waals surface area contributed by atoms with Crippen LogP contribution in [0.2, 0.25) is 0 Å². The fourth-order valence-corrected chi connectivity index (χ4v) is 4.03. The average molecular weight is 237 g/mol. The lowest BCUT2D eigenvalue weighted by molar-refractivity contribution is 0.180. The Balaban J connectivity index is 1.61. The highest BCUT2D eigenvalue weighted by Gasteiger charge is 2.43. The minimum atomic E-state index is 0.746. The minimum absolute atomic E-state index is 0.746. The fourth-order valence-electron chi connectivity index (χ4n) is 4.03. The van der Waals surface area contributed by atoms with Gasteiger partial charge in [0.15, 0.2) is 0 Å². The summed E-state index contributed by atoms with van der Waals surface area (Å²) in [5.41, 5.74) is 5.83. The van der Waals surface area contributed by atoms with Crippen molar-refractivity contribution in [3.05, 3.63) is 0 Å². The molecular weight excluding hydrogens is 210 g/mol. The molecule has 0 aromatic heterocycles. The number of likely N-dealkylation sites (tertiary alicyclic amines) is 2. The van der Waals surface area contributed by atoms with Crippen molar-refractivity contribution in [1.82, 2.24) is 9.80 Å². The lowest BCUT2D eigenvalue weighted by Gasteiger charge is -2.28. The maximum Gasteiger partial charge on any atom is 0.0241 e. The lowest BCUT2D eigenvalue weighted by atomic mass is 10.1. The van der Waals surface area contributed by atoms with Gasteiger partial charge in [-0.1, -0.05) is 0 Å². The summed E-state index contributed by atoms with van der Waals surface area (Å²) in [5.74, 6) is 0.746. The van der Waals surface area contributed by atoms with Crippen LogP contribution in [0.1, 0.15) is 39.5 Å². The second-order valence-corrected chi connectivity index (χ2v) is 6.55. The van der Waals surface area contributed by atoms with Crippen LogP contribution in [0.25, 0.3) is 0 Å². The summed E-state index contributed by atoms with van der Waals surface area (Å²) in [6.07, 6.45) is 5.57. The highest BCUT2D eigenvalue weighted by Crippen LogP contribution is 2.37. The lowest BCUT2D eigenvalue weighted by Crippen LogP contribution is -2.40. The van der Waals surface area contributed by atoms with Crippen molar-refractivity contribution in [1.29, 1.82) is 0 Å². The van der Waals surface area contributed by atoms with Crippen LogP contribution in [0.15, 0.2) is 0 Å². The highest BCUT2D eigenvalue weighted by atomic mass is 15.3. The van der Waals surface area contributed by atoms with Crippen LogP contribution in [0.3, 0.4) is 0 Å². The summed E-state index contributed by atoms with van der Waals surface area (Å²) in [4.78, 5) is 5.50. The van der Waals surface area contributed by atoms with E-state index in [4.69, 9.17) is 5.73 Å². The molecule has 0 radical (unpaired) electrons. The Morgan fingerprint density at radius 1 is 0.941 bits per heavy atom. The summed E-state index contributed by atoms with van der Waals surface area (Å²) in [6.45, 7) is 8.23. The number of nitrogens with zero attached hydrogens (tertiary/aromatic N) is 2. The maximum atomic E-state index is 5.83. The molecule has 2 N–H and O–H groups in total. The van der Waals surface area contributed by atoms with Gasteiger partial charge in [-0.3, -0.25) is 9.80 Å². The molecule has 0 spiro atoms. The standard InChI is InChI=1S/C14H27N3/c1-10-5-12(7-15)8-16(10)14-6-11(2)17(9-14)13-3-4-13/h10-14H,3-9,15H2,1-2H3. The number of nitrogens with two attached hydrogens (primary N) is 1. The molecule has 2 aliphatic heterocycles. The van der Waals surface area contributed by atoms with Crippen molar-refractivity contribution in [2.45, 2.75) is 63.7 Å². The molecule has 0 aromatic rings. The van der Waals surface area contributed by atoms with Crippen LogP contribution in [0.4, 0.5) is 0 Å². The molecular formula is C14H27N3. The largest absolute Gasteiger partial charge is 0.330 e. The van der Waals surface area contributed by atoms with E-state index in [1.54, 1.807) is 0 Å². The van der Waals surface area contributed by atoms with Crippen molar-refractivity contribution < 1.29 is 0 Å². The first-order valence-corrected chi connectivity index (χ1v) is 7.40. The third kappa shape index (κ3) is 2.25. The van der Waals surface area contributed by atoms with Gasteiger partial charge in [-0.2, -0.15) is 0 Å². The zero-order chi connectivity index (χ0) is 12.0. The predicted molar refractivity (Wildman–Crippen MR) is 70.9 cm³/mol. The fraction of sp³-hybridized carbons (Fsp3) is 1.00. The van der Waals surface area contributed by atoms with Gasteiger partial charge in [0.25, 0.3) is 0 Å². The topological polar surface area (TPSA) is 32.5 Å². The molecule has 4 unspecified atom stereocenters. The van der Waals surface area contributed by atoms with Gasteiger partial charge in [-0.25, -0.2) is 0 Å². The Kier molecular flexibility index (Phi) is 3.18. The summed E-state index contributed by atoms with van der Waals surface area (Å²) in [7, 11) is 0. The van der Waals surface area contributed by atoms with Gasteiger partial charge in [0.2, 0.25) is 0 Å². The van der Waals surface area contributed by atoms with E-state index in [0.29, 0.717) is 0 Å². The van der Waals surface area contributed by atoms with E-state index in [1.165, 1.54) is 38.8 Å². The van der Waals surface area contributed by atoms with E-state index < -0.39 is 0 Å².